The van der Waals surface area contributed by atoms with Crippen LogP contribution in [-0.2, 0) is 0 Å². The van der Waals surface area contributed by atoms with Crippen LogP contribution in [0.4, 0.5) is 17.2 Å². The fourth-order valence-corrected chi connectivity index (χ4v) is 2.45. The van der Waals surface area contributed by atoms with Crippen molar-refractivity contribution in [1.29, 1.82) is 0 Å². The number of nitrogens with zero attached hydrogens (tertiary/aromatic N) is 2. The van der Waals surface area contributed by atoms with Crippen molar-refractivity contribution >= 4 is 46.3 Å². The van der Waals surface area contributed by atoms with Crippen LogP contribution >= 0.6 is 23.2 Å². The highest BCUT2D eigenvalue weighted by Gasteiger charge is 2.10. The van der Waals surface area contributed by atoms with Crippen LogP contribution in [0.3, 0.4) is 0 Å². The van der Waals surface area contributed by atoms with Gasteiger partial charge in [-0.2, -0.15) is 0 Å². The van der Waals surface area contributed by atoms with E-state index in [0.29, 0.717) is 33.0 Å². The van der Waals surface area contributed by atoms with E-state index < -0.39 is 0 Å². The molecule has 2 N–H and O–H groups in total. The molecule has 0 aliphatic heterocycles. The molecule has 1 aromatic heterocycles. The van der Waals surface area contributed by atoms with Crippen LogP contribution in [0.2, 0.25) is 10.0 Å². The van der Waals surface area contributed by atoms with Crippen molar-refractivity contribution in [3.05, 3.63) is 70.6 Å². The highest BCUT2D eigenvalue weighted by atomic mass is 35.5. The van der Waals surface area contributed by atoms with Crippen LogP contribution in [0.5, 0.6) is 5.75 Å². The molecule has 0 fully saturated rings. The molecule has 3 rings (SSSR count). The van der Waals surface area contributed by atoms with Gasteiger partial charge in [-0.05, 0) is 42.5 Å². The molecule has 3 aromatic rings. The highest BCUT2D eigenvalue weighted by Crippen LogP contribution is 2.29. The molecule has 6 nitrogen and oxygen atoms in total. The number of carbonyl (C=O) groups is 1. The van der Waals surface area contributed by atoms with Gasteiger partial charge in [0.25, 0.3) is 5.91 Å². The molecule has 0 atom stereocenters. The van der Waals surface area contributed by atoms with Crippen molar-refractivity contribution in [2.24, 2.45) is 0 Å². The standard InChI is InChI=1S/C18H14Cl2N4O2/c1-26-16-7-4-12(20)8-14(16)24-17-10-21-15(9-22-17)18(25)23-13-5-2-11(19)3-6-13/h2-10H,1H3,(H,22,24)(H,23,25). The van der Waals surface area contributed by atoms with Crippen molar-refractivity contribution < 1.29 is 9.53 Å². The number of halogens is 2. The number of benzene rings is 2. The molecule has 0 saturated carbocycles. The Hall–Kier alpha value is -2.83. The van der Waals surface area contributed by atoms with E-state index in [9.17, 15) is 4.79 Å². The van der Waals surface area contributed by atoms with E-state index >= 15 is 0 Å². The van der Waals surface area contributed by atoms with Gasteiger partial charge in [0, 0.05) is 15.7 Å². The maximum atomic E-state index is 12.2. The average Bonchev–Trinajstić information content (AvgIpc) is 2.64. The Morgan fingerprint density at radius 1 is 1.00 bits per heavy atom. The zero-order valence-corrected chi connectivity index (χ0v) is 15.2. The summed E-state index contributed by atoms with van der Waals surface area (Å²) in [5.41, 5.74) is 1.45. The van der Waals surface area contributed by atoms with Crippen LogP contribution in [0, 0.1) is 0 Å². The van der Waals surface area contributed by atoms with E-state index in [-0.39, 0.29) is 11.6 Å². The minimum atomic E-state index is -0.369. The van der Waals surface area contributed by atoms with Gasteiger partial charge >= 0.3 is 0 Å². The van der Waals surface area contributed by atoms with E-state index in [4.69, 9.17) is 27.9 Å². The third-order valence-corrected chi connectivity index (χ3v) is 3.90. The highest BCUT2D eigenvalue weighted by molar-refractivity contribution is 6.31. The number of amides is 1. The van der Waals surface area contributed by atoms with Gasteiger partial charge in [0.2, 0.25) is 0 Å². The zero-order chi connectivity index (χ0) is 18.5. The molecule has 2 aromatic carbocycles. The van der Waals surface area contributed by atoms with Gasteiger partial charge < -0.3 is 15.4 Å². The van der Waals surface area contributed by atoms with Gasteiger partial charge in [-0.1, -0.05) is 23.2 Å². The minimum Gasteiger partial charge on any atom is -0.495 e. The van der Waals surface area contributed by atoms with Crippen LogP contribution in [0.15, 0.2) is 54.9 Å². The van der Waals surface area contributed by atoms with Gasteiger partial charge in [0.1, 0.15) is 17.3 Å². The van der Waals surface area contributed by atoms with Crippen LogP contribution in [-0.4, -0.2) is 23.0 Å². The molecule has 1 amide bonds. The van der Waals surface area contributed by atoms with E-state index in [1.807, 2.05) is 0 Å². The summed E-state index contributed by atoms with van der Waals surface area (Å²) in [7, 11) is 1.56. The Balaban J connectivity index is 1.71. The maximum Gasteiger partial charge on any atom is 0.275 e. The predicted molar refractivity (Wildman–Crippen MR) is 103 cm³/mol. The van der Waals surface area contributed by atoms with E-state index in [2.05, 4.69) is 20.6 Å². The number of rotatable bonds is 5. The second-order valence-electron chi connectivity index (χ2n) is 5.22. The third-order valence-electron chi connectivity index (χ3n) is 3.41. The van der Waals surface area contributed by atoms with Crippen molar-refractivity contribution in [1.82, 2.24) is 9.97 Å². The normalized spacial score (nSPS) is 10.3. The Bertz CT molecular complexity index is 915. The minimum absolute atomic E-state index is 0.184. The van der Waals surface area contributed by atoms with Crippen molar-refractivity contribution in [3.8, 4) is 5.75 Å². The summed E-state index contributed by atoms with van der Waals surface area (Å²) in [6.45, 7) is 0. The van der Waals surface area contributed by atoms with E-state index in [1.54, 1.807) is 49.6 Å². The Morgan fingerprint density at radius 2 is 1.73 bits per heavy atom. The summed E-state index contributed by atoms with van der Waals surface area (Å²) in [5, 5.41) is 6.93. The Labute approximate surface area is 160 Å². The van der Waals surface area contributed by atoms with Gasteiger partial charge in [-0.25, -0.2) is 9.97 Å². The van der Waals surface area contributed by atoms with Crippen molar-refractivity contribution in [3.63, 3.8) is 0 Å². The fourth-order valence-electron chi connectivity index (χ4n) is 2.15. The molecular formula is C18H14Cl2N4O2. The van der Waals surface area contributed by atoms with Crippen LogP contribution < -0.4 is 15.4 Å². The lowest BCUT2D eigenvalue weighted by atomic mass is 10.3. The number of hydrogen-bond donors (Lipinski definition) is 2. The number of anilines is 3. The molecule has 8 heteroatoms. The zero-order valence-electron chi connectivity index (χ0n) is 13.7. The summed E-state index contributed by atoms with van der Waals surface area (Å²) in [6, 6.07) is 12.0. The quantitative estimate of drug-likeness (QED) is 0.656. The smallest absolute Gasteiger partial charge is 0.275 e. The number of nitrogens with one attached hydrogen (secondary N) is 2. The molecule has 0 aliphatic rings. The van der Waals surface area contributed by atoms with Crippen molar-refractivity contribution in [2.45, 2.75) is 0 Å². The lowest BCUT2D eigenvalue weighted by Gasteiger charge is -2.11. The molecule has 26 heavy (non-hydrogen) atoms. The molecule has 0 bridgehead atoms. The molecule has 0 radical (unpaired) electrons. The first-order valence-electron chi connectivity index (χ1n) is 7.54. The van der Waals surface area contributed by atoms with Crippen LogP contribution in [0.1, 0.15) is 10.5 Å². The predicted octanol–water partition coefficient (Wildman–Crippen LogP) is 4.79. The monoisotopic (exact) mass is 388 g/mol. The maximum absolute atomic E-state index is 12.2. The van der Waals surface area contributed by atoms with Gasteiger partial charge in [0.05, 0.1) is 25.2 Å². The molecule has 0 spiro atoms. The Kier molecular flexibility index (Phi) is 5.55. The average molecular weight is 389 g/mol. The first kappa shape index (κ1) is 18.0. The largest absolute Gasteiger partial charge is 0.495 e. The van der Waals surface area contributed by atoms with E-state index in [0.717, 1.165) is 0 Å². The molecule has 0 aliphatic carbocycles. The summed E-state index contributed by atoms with van der Waals surface area (Å²) >= 11 is 11.8. The summed E-state index contributed by atoms with van der Waals surface area (Å²) in [5.74, 6) is 0.695. The molecule has 1 heterocycles. The second kappa shape index (κ2) is 8.03. The van der Waals surface area contributed by atoms with Crippen LogP contribution in [0.25, 0.3) is 0 Å². The molecule has 0 saturated heterocycles. The van der Waals surface area contributed by atoms with Crippen molar-refractivity contribution in [2.75, 3.05) is 17.7 Å². The summed E-state index contributed by atoms with van der Waals surface area (Å²) in [4.78, 5) is 20.5. The number of carbonyl (C=O) groups excluding carboxylic acids is 1. The first-order chi connectivity index (χ1) is 12.5. The number of aromatic nitrogens is 2. The molecule has 0 unspecified atom stereocenters. The number of methoxy groups -OCH3 is 1. The summed E-state index contributed by atoms with van der Waals surface area (Å²) < 4.78 is 5.27. The number of hydrogen-bond acceptors (Lipinski definition) is 5. The van der Waals surface area contributed by atoms with Gasteiger partial charge in [-0.3, -0.25) is 4.79 Å². The lowest BCUT2D eigenvalue weighted by molar-refractivity contribution is 0.102. The first-order valence-corrected chi connectivity index (χ1v) is 8.30. The van der Waals surface area contributed by atoms with Gasteiger partial charge in [-0.15, -0.1) is 0 Å². The van der Waals surface area contributed by atoms with Gasteiger partial charge in [0.15, 0.2) is 0 Å². The SMILES string of the molecule is COc1ccc(Cl)cc1Nc1cnc(C(=O)Nc2ccc(Cl)cc2)cn1. The Morgan fingerprint density at radius 3 is 2.38 bits per heavy atom. The third kappa shape index (κ3) is 4.41. The second-order valence-corrected chi connectivity index (χ2v) is 6.09. The fraction of sp³-hybridized carbons (Fsp3) is 0.0556. The lowest BCUT2D eigenvalue weighted by Crippen LogP contribution is -2.14. The molecule has 132 valence electrons. The number of ether oxygens (including phenoxy) is 1. The van der Waals surface area contributed by atoms with E-state index in [1.165, 1.54) is 12.4 Å². The topological polar surface area (TPSA) is 76.1 Å². The molecular weight excluding hydrogens is 375 g/mol. The summed E-state index contributed by atoms with van der Waals surface area (Å²) in [6.07, 6.45) is 2.84.